The van der Waals surface area contributed by atoms with E-state index in [0.29, 0.717) is 22.4 Å². The number of anilines is 2. The molecule has 0 aliphatic carbocycles. The molecule has 0 radical (unpaired) electrons. The van der Waals surface area contributed by atoms with Crippen LogP contribution in [0.2, 0.25) is 0 Å². The number of nitrogens with zero attached hydrogens (tertiary/aromatic N) is 3. The highest BCUT2D eigenvalue weighted by Gasteiger charge is 2.40. The smallest absolute Gasteiger partial charge is 0.273 e. The molecule has 1 unspecified atom stereocenters. The monoisotopic (exact) mass is 486 g/mol. The van der Waals surface area contributed by atoms with Gasteiger partial charge in [-0.25, -0.2) is 18.8 Å². The van der Waals surface area contributed by atoms with Gasteiger partial charge in [-0.3, -0.25) is 4.79 Å². The van der Waals surface area contributed by atoms with E-state index in [1.54, 1.807) is 24.3 Å². The highest BCUT2D eigenvalue weighted by atomic mass is 19.4. The number of hydrogen-bond acceptors (Lipinski definition) is 3. The molecule has 2 heterocycles. The van der Waals surface area contributed by atoms with Gasteiger partial charge >= 0.3 is 6.18 Å². The zero-order valence-electron chi connectivity index (χ0n) is 17.3. The Hall–Kier alpha value is -4.08. The van der Waals surface area contributed by atoms with Gasteiger partial charge < -0.3 is 0 Å². The number of aromatic amines is 1. The topological polar surface area (TPSA) is 61.9 Å². The average Bonchev–Trinajstić information content (AvgIpc) is 3.39. The lowest BCUT2D eigenvalue weighted by Gasteiger charge is -2.14. The Morgan fingerprint density at radius 3 is 2.31 bits per heavy atom. The molecular weight excluding hydrogens is 467 g/mol. The first-order chi connectivity index (χ1) is 16.2. The molecule has 0 saturated heterocycles. The summed E-state index contributed by atoms with van der Waals surface area (Å²) in [6.45, 7) is 0. The summed E-state index contributed by atoms with van der Waals surface area (Å²) in [6, 6.07) is 12.7. The molecule has 5 nitrogen and oxygen atoms in total. The number of alkyl halides is 3. The number of aromatic nitrogens is 3. The Balaban J connectivity index is 0.00000289. The predicted octanol–water partition coefficient (Wildman–Crippen LogP) is 6.41. The number of carbonyl (C=O) groups is 1. The maximum absolute atomic E-state index is 13.8. The van der Waals surface area contributed by atoms with Crippen molar-refractivity contribution in [3.63, 3.8) is 0 Å². The highest BCUT2D eigenvalue weighted by Crippen LogP contribution is 2.44. The van der Waals surface area contributed by atoms with Gasteiger partial charge in [-0.15, -0.1) is 0 Å². The van der Waals surface area contributed by atoms with E-state index in [9.17, 15) is 26.7 Å². The fourth-order valence-electron chi connectivity index (χ4n) is 4.19. The molecule has 0 fully saturated rings. The van der Waals surface area contributed by atoms with Crippen LogP contribution < -0.4 is 4.90 Å². The van der Waals surface area contributed by atoms with Gasteiger partial charge in [0.1, 0.15) is 18.0 Å². The summed E-state index contributed by atoms with van der Waals surface area (Å²) in [7, 11) is 0. The Labute approximate surface area is 197 Å². The van der Waals surface area contributed by atoms with Crippen molar-refractivity contribution in [2.45, 2.75) is 25.9 Å². The van der Waals surface area contributed by atoms with Crippen LogP contribution >= 0.6 is 0 Å². The van der Waals surface area contributed by atoms with Crippen molar-refractivity contribution < 1.29 is 26.7 Å². The number of halogens is 5. The third-order valence-electron chi connectivity index (χ3n) is 5.66. The minimum atomic E-state index is -4.50. The number of rotatable bonds is 4. The van der Waals surface area contributed by atoms with Crippen molar-refractivity contribution >= 4 is 17.5 Å². The Kier molecular flexibility index (Phi) is 6.14. The van der Waals surface area contributed by atoms with Crippen LogP contribution in [0.15, 0.2) is 67.0 Å². The largest absolute Gasteiger partial charge is 0.416 e. The van der Waals surface area contributed by atoms with Crippen LogP contribution in [0.3, 0.4) is 0 Å². The number of carbonyl (C=O) groups excluding carboxylic acids is 1. The summed E-state index contributed by atoms with van der Waals surface area (Å²) in [5, 5.41) is 6.39. The van der Waals surface area contributed by atoms with Crippen LogP contribution in [0.1, 0.15) is 30.0 Å². The van der Waals surface area contributed by atoms with Crippen molar-refractivity contribution in [2.24, 2.45) is 0 Å². The molecule has 4 aromatic rings. The Bertz CT molecular complexity index is 1360. The molecule has 10 heteroatoms. The number of benzene rings is 3. The van der Waals surface area contributed by atoms with Crippen LogP contribution in [0.25, 0.3) is 11.1 Å². The molecule has 0 spiro atoms. The van der Waals surface area contributed by atoms with Gasteiger partial charge in [-0.2, -0.15) is 23.3 Å². The summed E-state index contributed by atoms with van der Waals surface area (Å²) in [5.41, 5.74) is 1.22. The fraction of sp³-hybridized carbons (Fsp3) is 0.160. The van der Waals surface area contributed by atoms with Crippen molar-refractivity contribution in [1.82, 2.24) is 15.2 Å². The minimum Gasteiger partial charge on any atom is -0.273 e. The van der Waals surface area contributed by atoms with E-state index in [1.807, 2.05) is 0 Å². The van der Waals surface area contributed by atoms with Gasteiger partial charge in [0.2, 0.25) is 11.9 Å². The van der Waals surface area contributed by atoms with Gasteiger partial charge in [0.05, 0.1) is 17.2 Å². The molecule has 1 amide bonds. The Morgan fingerprint density at radius 1 is 0.943 bits per heavy atom. The molecule has 3 aromatic carbocycles. The van der Waals surface area contributed by atoms with Gasteiger partial charge in [0, 0.05) is 6.07 Å². The van der Waals surface area contributed by atoms with E-state index in [1.165, 1.54) is 17.3 Å². The molecule has 5 rings (SSSR count). The van der Waals surface area contributed by atoms with Crippen LogP contribution in [-0.2, 0) is 17.4 Å². The molecule has 0 bridgehead atoms. The molecule has 1 aliphatic rings. The number of amides is 1. The van der Waals surface area contributed by atoms with E-state index in [4.69, 9.17) is 0 Å². The van der Waals surface area contributed by atoms with Crippen molar-refractivity contribution in [1.29, 1.82) is 0 Å². The summed E-state index contributed by atoms with van der Waals surface area (Å²) >= 11 is 0. The zero-order chi connectivity index (χ0) is 24.0. The van der Waals surface area contributed by atoms with Crippen molar-refractivity contribution in [2.75, 3.05) is 4.90 Å². The molecule has 1 atom stereocenters. The van der Waals surface area contributed by atoms with Gasteiger partial charge in [0.25, 0.3) is 0 Å². The van der Waals surface area contributed by atoms with E-state index >= 15 is 0 Å². The average molecular weight is 486 g/mol. The maximum Gasteiger partial charge on any atom is 0.416 e. The zero-order valence-corrected chi connectivity index (χ0v) is 17.3. The highest BCUT2D eigenvalue weighted by molar-refractivity contribution is 6.09. The molecule has 180 valence electrons. The maximum atomic E-state index is 13.8. The fourth-order valence-corrected chi connectivity index (χ4v) is 4.19. The van der Waals surface area contributed by atoms with E-state index in [-0.39, 0.29) is 25.4 Å². The lowest BCUT2D eigenvalue weighted by Crippen LogP contribution is -2.25. The van der Waals surface area contributed by atoms with Crippen LogP contribution in [0.5, 0.6) is 0 Å². The molecular formula is C25H19F5N4O. The standard InChI is InChI=1S/C24H15F5N4O.CH4/c25-17-6-13(7-18(26)11-17)8-20-19-10-15(14-2-1-3-16(9-14)24(27,28)29)4-5-21(19)33(22(20)34)23-30-12-31-32-23;/h1-7,9-12,20H,8H2,(H,30,31,32);1H4. The second-order valence-corrected chi connectivity index (χ2v) is 7.87. The number of hydrogen-bond donors (Lipinski definition) is 1. The summed E-state index contributed by atoms with van der Waals surface area (Å²) in [4.78, 5) is 18.7. The lowest BCUT2D eigenvalue weighted by molar-refractivity contribution is -0.137. The van der Waals surface area contributed by atoms with Crippen LogP contribution in [0, 0.1) is 11.6 Å². The summed E-state index contributed by atoms with van der Waals surface area (Å²) in [5.74, 6) is -2.63. The Morgan fingerprint density at radius 2 is 1.66 bits per heavy atom. The third kappa shape index (κ3) is 4.51. The van der Waals surface area contributed by atoms with Crippen molar-refractivity contribution in [3.8, 4) is 11.1 Å². The second kappa shape index (κ2) is 8.94. The van der Waals surface area contributed by atoms with E-state index in [0.717, 1.165) is 30.3 Å². The number of H-pyrrole nitrogens is 1. The summed E-state index contributed by atoms with van der Waals surface area (Å²) < 4.78 is 67.1. The molecule has 35 heavy (non-hydrogen) atoms. The normalized spacial score (nSPS) is 15.2. The van der Waals surface area contributed by atoms with Gasteiger partial charge in [-0.1, -0.05) is 25.6 Å². The van der Waals surface area contributed by atoms with Crippen molar-refractivity contribution in [3.05, 3.63) is 95.3 Å². The van der Waals surface area contributed by atoms with Crippen LogP contribution in [0.4, 0.5) is 33.6 Å². The molecule has 1 aromatic heterocycles. The van der Waals surface area contributed by atoms with Gasteiger partial charge in [0.15, 0.2) is 0 Å². The molecule has 0 saturated carbocycles. The first kappa shape index (κ1) is 24.1. The van der Waals surface area contributed by atoms with E-state index < -0.39 is 35.2 Å². The summed E-state index contributed by atoms with van der Waals surface area (Å²) in [6.07, 6.45) is -3.29. The third-order valence-corrected chi connectivity index (χ3v) is 5.66. The van der Waals surface area contributed by atoms with Crippen LogP contribution in [-0.4, -0.2) is 21.1 Å². The van der Waals surface area contributed by atoms with E-state index in [2.05, 4.69) is 15.2 Å². The van der Waals surface area contributed by atoms with Gasteiger partial charge in [-0.05, 0) is 65.1 Å². The molecule has 1 aliphatic heterocycles. The quantitative estimate of drug-likeness (QED) is 0.339. The lowest BCUT2D eigenvalue weighted by atomic mass is 9.90. The molecule has 1 N–H and O–H groups in total. The minimum absolute atomic E-state index is 0. The first-order valence-corrected chi connectivity index (χ1v) is 10.2. The predicted molar refractivity (Wildman–Crippen MR) is 120 cm³/mol. The second-order valence-electron chi connectivity index (χ2n) is 7.87. The number of fused-ring (bicyclic) bond motifs is 1. The first-order valence-electron chi connectivity index (χ1n) is 10.2. The SMILES string of the molecule is C.O=C1C(Cc2cc(F)cc(F)c2)c2cc(-c3cccc(C(F)(F)F)c3)ccc2N1c1ncn[nH]1. The number of nitrogens with one attached hydrogen (secondary N) is 1.